The number of hydrogen-bond donors (Lipinski definition) is 4. The van der Waals surface area contributed by atoms with E-state index in [-0.39, 0.29) is 12.8 Å². The average Bonchev–Trinajstić information content (AvgIpc) is 2.11. The summed E-state index contributed by atoms with van der Waals surface area (Å²) in [5.41, 5.74) is 0. The van der Waals surface area contributed by atoms with Crippen LogP contribution in [0, 0.1) is 0 Å². The van der Waals surface area contributed by atoms with Gasteiger partial charge in [-0.1, -0.05) is 25.7 Å². The Kier molecular flexibility index (Phi) is 8.51. The number of phosphoric ester groups is 1. The number of phosphoric acid groups is 1. The Hall–Kier alpha value is 0.260. The van der Waals surface area contributed by atoms with Gasteiger partial charge in [-0.25, -0.2) is 4.57 Å². The van der Waals surface area contributed by atoms with Crippen molar-refractivity contribution in [2.75, 3.05) is 12.8 Å². The van der Waals surface area contributed by atoms with Gasteiger partial charge in [-0.15, -0.1) is 0 Å². The molecule has 0 aromatic rings. The lowest BCUT2D eigenvalue weighted by atomic mass is 10.1. The molecule has 0 spiro atoms. The smallest absolute Gasteiger partial charge is 0.324 e. The summed E-state index contributed by atoms with van der Waals surface area (Å²) in [7, 11) is -8.19. The van der Waals surface area contributed by atoms with Gasteiger partial charge in [0.15, 0.2) is 0 Å². The zero-order chi connectivity index (χ0) is 13.4. The van der Waals surface area contributed by atoms with E-state index in [0.717, 1.165) is 25.7 Å². The van der Waals surface area contributed by atoms with Crippen molar-refractivity contribution in [2.24, 2.45) is 0 Å². The summed E-state index contributed by atoms with van der Waals surface area (Å²) < 4.78 is 25.1. The molecule has 0 aliphatic heterocycles. The highest BCUT2D eigenvalue weighted by molar-refractivity contribution is 7.51. The van der Waals surface area contributed by atoms with Crippen molar-refractivity contribution < 1.29 is 33.2 Å². The van der Waals surface area contributed by atoms with Gasteiger partial charge < -0.3 is 19.6 Å². The zero-order valence-corrected chi connectivity index (χ0v) is 11.4. The molecule has 0 fully saturated rings. The Balaban J connectivity index is 3.20. The highest BCUT2D eigenvalue weighted by Crippen LogP contribution is 2.36. The number of unbranched alkanes of at least 4 members (excludes halogenated alkanes) is 5. The molecule has 0 amide bonds. The van der Waals surface area contributed by atoms with Crippen LogP contribution in [-0.4, -0.2) is 32.3 Å². The van der Waals surface area contributed by atoms with Gasteiger partial charge in [0.2, 0.25) is 0 Å². The van der Waals surface area contributed by atoms with Crippen LogP contribution in [-0.2, 0) is 13.7 Å². The van der Waals surface area contributed by atoms with Crippen LogP contribution in [0.25, 0.3) is 0 Å². The second kappa shape index (κ2) is 8.38. The quantitative estimate of drug-likeness (QED) is 0.356. The first kappa shape index (κ1) is 17.3. The second-order valence-electron chi connectivity index (χ2n) is 3.83. The van der Waals surface area contributed by atoms with Gasteiger partial charge in [-0.2, -0.15) is 0 Å². The molecule has 0 aromatic carbocycles. The van der Waals surface area contributed by atoms with Gasteiger partial charge in [-0.3, -0.25) is 9.09 Å². The van der Waals surface area contributed by atoms with E-state index in [1.807, 2.05) is 0 Å². The van der Waals surface area contributed by atoms with Gasteiger partial charge in [0.1, 0.15) is 0 Å². The summed E-state index contributed by atoms with van der Waals surface area (Å²) in [6.45, 7) is 0.0345. The fourth-order valence-electron chi connectivity index (χ4n) is 1.31. The van der Waals surface area contributed by atoms with Crippen LogP contribution in [0.5, 0.6) is 0 Å². The third-order valence-corrected chi connectivity index (χ3v) is 3.52. The molecule has 0 saturated heterocycles. The molecular formula is C8H20O7P2. The fourth-order valence-corrected chi connectivity index (χ4v) is 2.31. The third-order valence-electron chi connectivity index (χ3n) is 2.10. The summed E-state index contributed by atoms with van der Waals surface area (Å²) in [6.07, 6.45) is 4.27. The van der Waals surface area contributed by atoms with Crippen LogP contribution >= 0.6 is 15.4 Å². The molecule has 0 saturated carbocycles. The Bertz CT molecular complexity index is 254. The molecular weight excluding hydrogens is 270 g/mol. The summed E-state index contributed by atoms with van der Waals surface area (Å²) in [6, 6.07) is 0. The summed E-state index contributed by atoms with van der Waals surface area (Å²) >= 11 is 0. The van der Waals surface area contributed by atoms with Crippen LogP contribution in [0.15, 0.2) is 0 Å². The lowest BCUT2D eigenvalue weighted by Crippen LogP contribution is -1.92. The van der Waals surface area contributed by atoms with Crippen molar-refractivity contribution in [3.05, 3.63) is 0 Å². The molecule has 9 heteroatoms. The number of hydrogen-bond acceptors (Lipinski definition) is 3. The highest BCUT2D eigenvalue weighted by atomic mass is 31.2. The SMILES string of the molecule is O=P(O)(O)CCCCCCCCOP(=O)(O)O. The Morgan fingerprint density at radius 2 is 1.24 bits per heavy atom. The van der Waals surface area contributed by atoms with Crippen LogP contribution in [0.2, 0.25) is 0 Å². The topological polar surface area (TPSA) is 124 Å². The van der Waals surface area contributed by atoms with Crippen molar-refractivity contribution in [2.45, 2.75) is 38.5 Å². The predicted octanol–water partition coefficient (Wildman–Crippen LogP) is 1.61. The standard InChI is InChI=1S/C8H20O7P2/c9-16(10,11)8-6-4-2-1-3-5-7-15-17(12,13)14/h1-8H2,(H2,9,10,11)(H2,12,13,14). The van der Waals surface area contributed by atoms with E-state index >= 15 is 0 Å². The Morgan fingerprint density at radius 3 is 1.71 bits per heavy atom. The first-order valence-electron chi connectivity index (χ1n) is 5.45. The molecule has 0 atom stereocenters. The molecule has 7 nitrogen and oxygen atoms in total. The van der Waals surface area contributed by atoms with Crippen molar-refractivity contribution in [1.82, 2.24) is 0 Å². The van der Waals surface area contributed by atoms with Gasteiger partial charge in [0.25, 0.3) is 0 Å². The molecule has 104 valence electrons. The molecule has 17 heavy (non-hydrogen) atoms. The van der Waals surface area contributed by atoms with Crippen LogP contribution in [0.3, 0.4) is 0 Å². The maximum absolute atomic E-state index is 10.5. The summed E-state index contributed by atoms with van der Waals surface area (Å²) in [4.78, 5) is 33.9. The van der Waals surface area contributed by atoms with Gasteiger partial charge in [-0.05, 0) is 12.8 Å². The van der Waals surface area contributed by atoms with E-state index in [4.69, 9.17) is 19.6 Å². The monoisotopic (exact) mass is 290 g/mol. The van der Waals surface area contributed by atoms with E-state index in [9.17, 15) is 9.13 Å². The lowest BCUT2D eigenvalue weighted by molar-refractivity contribution is 0.193. The molecule has 0 heterocycles. The molecule has 4 N–H and O–H groups in total. The molecule has 0 unspecified atom stereocenters. The van der Waals surface area contributed by atoms with Crippen molar-refractivity contribution >= 4 is 15.4 Å². The number of rotatable bonds is 10. The molecule has 0 bridgehead atoms. The van der Waals surface area contributed by atoms with Crippen LogP contribution in [0.1, 0.15) is 38.5 Å². The first-order chi connectivity index (χ1) is 7.71. The van der Waals surface area contributed by atoms with Crippen molar-refractivity contribution in [1.29, 1.82) is 0 Å². The first-order valence-corrected chi connectivity index (χ1v) is 8.78. The fraction of sp³-hybridized carbons (Fsp3) is 1.00. The van der Waals surface area contributed by atoms with Crippen molar-refractivity contribution in [3.8, 4) is 0 Å². The minimum absolute atomic E-state index is 0.0345. The van der Waals surface area contributed by atoms with E-state index < -0.39 is 15.4 Å². The zero-order valence-electron chi connectivity index (χ0n) is 9.56. The molecule has 0 aliphatic rings. The Morgan fingerprint density at radius 1 is 0.765 bits per heavy atom. The van der Waals surface area contributed by atoms with E-state index in [1.165, 1.54) is 0 Å². The summed E-state index contributed by atoms with van der Waals surface area (Å²) in [5.74, 6) is 0. The molecule has 0 aliphatic carbocycles. The summed E-state index contributed by atoms with van der Waals surface area (Å²) in [5, 5.41) is 0. The highest BCUT2D eigenvalue weighted by Gasteiger charge is 2.12. The van der Waals surface area contributed by atoms with E-state index in [1.54, 1.807) is 0 Å². The van der Waals surface area contributed by atoms with Gasteiger partial charge in [0.05, 0.1) is 6.61 Å². The minimum Gasteiger partial charge on any atom is -0.324 e. The van der Waals surface area contributed by atoms with E-state index in [0.29, 0.717) is 12.8 Å². The van der Waals surface area contributed by atoms with Crippen LogP contribution < -0.4 is 0 Å². The Labute approximate surface area is 101 Å². The minimum atomic E-state index is -4.34. The van der Waals surface area contributed by atoms with Crippen molar-refractivity contribution in [3.63, 3.8) is 0 Å². The van der Waals surface area contributed by atoms with Crippen LogP contribution in [0.4, 0.5) is 0 Å². The third kappa shape index (κ3) is 16.3. The maximum atomic E-state index is 10.5. The average molecular weight is 290 g/mol. The largest absolute Gasteiger partial charge is 0.469 e. The predicted molar refractivity (Wildman–Crippen MR) is 62.6 cm³/mol. The molecule has 0 aromatic heterocycles. The molecule has 0 rings (SSSR count). The van der Waals surface area contributed by atoms with Gasteiger partial charge in [0, 0.05) is 6.16 Å². The second-order valence-corrected chi connectivity index (χ2v) is 6.85. The maximum Gasteiger partial charge on any atom is 0.469 e. The lowest BCUT2D eigenvalue weighted by Gasteiger charge is -2.05. The van der Waals surface area contributed by atoms with E-state index in [2.05, 4.69) is 4.52 Å². The normalized spacial score (nSPS) is 12.9. The molecule has 0 radical (unpaired) electrons. The van der Waals surface area contributed by atoms with Gasteiger partial charge >= 0.3 is 15.4 Å².